The number of carbonyl (C=O) groups excluding carboxylic acids is 1. The topological polar surface area (TPSA) is 96.3 Å². The number of carboxylic acids is 1. The van der Waals surface area contributed by atoms with Gasteiger partial charge in [0.05, 0.1) is 19.3 Å². The van der Waals surface area contributed by atoms with Gasteiger partial charge in [-0.15, -0.1) is 0 Å². The number of carboxylic acid groups (broad SMARTS) is 1. The molecule has 1 aromatic rings. The number of benzene rings is 1. The number of ether oxygens (including phenoxy) is 2. The molecular weight excluding hydrogens is 314 g/mol. The SMILES string of the molecule is CC(C)(C)OC(=O)N1C[C@H](OCc2ccccc2)C[C@]1(O)C(=O)O. The second-order valence-corrected chi connectivity index (χ2v) is 6.84. The van der Waals surface area contributed by atoms with Gasteiger partial charge in [0, 0.05) is 6.42 Å². The molecule has 0 radical (unpaired) electrons. The molecule has 0 spiro atoms. The van der Waals surface area contributed by atoms with Crippen molar-refractivity contribution in [3.63, 3.8) is 0 Å². The van der Waals surface area contributed by atoms with E-state index in [-0.39, 0.29) is 19.6 Å². The lowest BCUT2D eigenvalue weighted by atomic mass is 10.1. The number of likely N-dealkylation sites (tertiary alicyclic amines) is 1. The van der Waals surface area contributed by atoms with Gasteiger partial charge in [0.1, 0.15) is 5.60 Å². The van der Waals surface area contributed by atoms with Crippen molar-refractivity contribution < 1.29 is 29.3 Å². The van der Waals surface area contributed by atoms with Crippen LogP contribution in [0.4, 0.5) is 4.79 Å². The van der Waals surface area contributed by atoms with Gasteiger partial charge in [-0.3, -0.25) is 4.90 Å². The number of aliphatic hydroxyl groups is 1. The molecule has 7 heteroatoms. The summed E-state index contributed by atoms with van der Waals surface area (Å²) in [4.78, 5) is 24.5. The van der Waals surface area contributed by atoms with E-state index in [1.54, 1.807) is 20.8 Å². The predicted octanol–water partition coefficient (Wildman–Crippen LogP) is 1.99. The highest BCUT2D eigenvalue weighted by Gasteiger charge is 2.54. The summed E-state index contributed by atoms with van der Waals surface area (Å²) in [7, 11) is 0. The van der Waals surface area contributed by atoms with Crippen LogP contribution < -0.4 is 0 Å². The van der Waals surface area contributed by atoms with Crippen molar-refractivity contribution in [1.29, 1.82) is 0 Å². The number of carbonyl (C=O) groups is 2. The van der Waals surface area contributed by atoms with E-state index in [0.717, 1.165) is 10.5 Å². The maximum Gasteiger partial charge on any atom is 0.413 e. The molecule has 7 nitrogen and oxygen atoms in total. The first-order valence-corrected chi connectivity index (χ1v) is 7.74. The molecule has 1 amide bonds. The largest absolute Gasteiger partial charge is 0.478 e. The van der Waals surface area contributed by atoms with Gasteiger partial charge < -0.3 is 19.7 Å². The summed E-state index contributed by atoms with van der Waals surface area (Å²) in [6, 6.07) is 9.38. The van der Waals surface area contributed by atoms with Crippen LogP contribution in [0.3, 0.4) is 0 Å². The van der Waals surface area contributed by atoms with E-state index < -0.39 is 29.5 Å². The van der Waals surface area contributed by atoms with Crippen LogP contribution in [0.5, 0.6) is 0 Å². The Hall–Kier alpha value is -2.12. The molecule has 1 saturated heterocycles. The van der Waals surface area contributed by atoms with Gasteiger partial charge in [0.25, 0.3) is 0 Å². The average molecular weight is 337 g/mol. The summed E-state index contributed by atoms with van der Waals surface area (Å²) >= 11 is 0. The maximum absolute atomic E-state index is 12.2. The minimum Gasteiger partial charge on any atom is -0.478 e. The Morgan fingerprint density at radius 3 is 2.46 bits per heavy atom. The Kier molecular flexibility index (Phi) is 5.15. The second kappa shape index (κ2) is 6.78. The van der Waals surface area contributed by atoms with E-state index in [2.05, 4.69) is 0 Å². The number of aliphatic carboxylic acids is 1. The van der Waals surface area contributed by atoms with Gasteiger partial charge in [-0.1, -0.05) is 30.3 Å². The van der Waals surface area contributed by atoms with Crippen LogP contribution in [0.2, 0.25) is 0 Å². The maximum atomic E-state index is 12.2. The summed E-state index contributed by atoms with van der Waals surface area (Å²) in [5, 5.41) is 19.7. The van der Waals surface area contributed by atoms with Crippen molar-refractivity contribution in [2.75, 3.05) is 6.54 Å². The molecule has 1 heterocycles. The monoisotopic (exact) mass is 337 g/mol. The molecule has 0 unspecified atom stereocenters. The van der Waals surface area contributed by atoms with E-state index in [1.807, 2.05) is 30.3 Å². The molecule has 1 fully saturated rings. The molecule has 132 valence electrons. The summed E-state index contributed by atoms with van der Waals surface area (Å²) in [5.41, 5.74) is -2.20. The molecule has 1 aliphatic rings. The molecule has 24 heavy (non-hydrogen) atoms. The van der Waals surface area contributed by atoms with Gasteiger partial charge >= 0.3 is 12.1 Å². The van der Waals surface area contributed by atoms with Gasteiger partial charge in [-0.2, -0.15) is 0 Å². The van der Waals surface area contributed by atoms with Gasteiger partial charge in [-0.25, -0.2) is 9.59 Å². The highest BCUT2D eigenvalue weighted by Crippen LogP contribution is 2.31. The first-order valence-electron chi connectivity index (χ1n) is 7.74. The molecule has 0 bridgehead atoms. The summed E-state index contributed by atoms with van der Waals surface area (Å²) < 4.78 is 10.9. The van der Waals surface area contributed by atoms with Crippen molar-refractivity contribution in [2.24, 2.45) is 0 Å². The lowest BCUT2D eigenvalue weighted by molar-refractivity contribution is -0.174. The molecule has 0 aromatic heterocycles. The fraction of sp³-hybridized carbons (Fsp3) is 0.529. The van der Waals surface area contributed by atoms with Crippen LogP contribution in [0, 0.1) is 0 Å². The van der Waals surface area contributed by atoms with E-state index >= 15 is 0 Å². The lowest BCUT2D eigenvalue weighted by Gasteiger charge is -2.31. The molecule has 2 rings (SSSR count). The zero-order valence-electron chi connectivity index (χ0n) is 14.1. The third-order valence-corrected chi connectivity index (χ3v) is 3.63. The van der Waals surface area contributed by atoms with E-state index in [1.165, 1.54) is 0 Å². The molecule has 0 saturated carbocycles. The number of hydrogen-bond donors (Lipinski definition) is 2. The molecule has 2 N–H and O–H groups in total. The summed E-state index contributed by atoms with van der Waals surface area (Å²) in [6.07, 6.45) is -1.69. The second-order valence-electron chi connectivity index (χ2n) is 6.84. The number of hydrogen-bond acceptors (Lipinski definition) is 5. The van der Waals surface area contributed by atoms with Crippen LogP contribution in [-0.2, 0) is 20.9 Å². The van der Waals surface area contributed by atoms with Gasteiger partial charge in [0.2, 0.25) is 5.72 Å². The minimum atomic E-state index is -2.33. The Morgan fingerprint density at radius 1 is 1.29 bits per heavy atom. The van der Waals surface area contributed by atoms with E-state index in [0.29, 0.717) is 0 Å². The standard InChI is InChI=1S/C17H23NO6/c1-16(2,3)24-15(21)18-10-13(9-17(18,22)14(19)20)23-11-12-7-5-4-6-8-12/h4-8,13,22H,9-11H2,1-3H3,(H,19,20)/t13-,17+/m1/s1. The highest BCUT2D eigenvalue weighted by molar-refractivity contribution is 5.83. The predicted molar refractivity (Wildman–Crippen MR) is 85.2 cm³/mol. The smallest absolute Gasteiger partial charge is 0.413 e. The van der Waals surface area contributed by atoms with Crippen LogP contribution in [-0.4, -0.2) is 51.2 Å². The number of rotatable bonds is 4. The third-order valence-electron chi connectivity index (χ3n) is 3.63. The van der Waals surface area contributed by atoms with Crippen molar-refractivity contribution >= 4 is 12.1 Å². The fourth-order valence-corrected chi connectivity index (χ4v) is 2.49. The van der Waals surface area contributed by atoms with Crippen LogP contribution in [0.1, 0.15) is 32.8 Å². The van der Waals surface area contributed by atoms with Crippen molar-refractivity contribution in [2.45, 2.75) is 51.2 Å². The summed E-state index contributed by atoms with van der Waals surface area (Å²) in [5.74, 6) is -1.50. The molecule has 1 aromatic carbocycles. The Labute approximate surface area is 140 Å². The average Bonchev–Trinajstić information content (AvgIpc) is 2.83. The van der Waals surface area contributed by atoms with Gasteiger partial charge in [0.15, 0.2) is 0 Å². The zero-order chi connectivity index (χ0) is 18.0. The molecule has 0 aliphatic carbocycles. The van der Waals surface area contributed by atoms with Crippen LogP contribution in [0.25, 0.3) is 0 Å². The van der Waals surface area contributed by atoms with E-state index in [4.69, 9.17) is 9.47 Å². The minimum absolute atomic E-state index is 0.0510. The lowest BCUT2D eigenvalue weighted by Crippen LogP contribution is -2.54. The normalized spacial score (nSPS) is 24.0. The van der Waals surface area contributed by atoms with Crippen molar-refractivity contribution in [3.05, 3.63) is 35.9 Å². The van der Waals surface area contributed by atoms with Crippen LogP contribution in [0.15, 0.2) is 30.3 Å². The first-order chi connectivity index (χ1) is 11.1. The van der Waals surface area contributed by atoms with Crippen LogP contribution >= 0.6 is 0 Å². The summed E-state index contributed by atoms with van der Waals surface area (Å²) in [6.45, 7) is 5.23. The fourth-order valence-electron chi connectivity index (χ4n) is 2.49. The quantitative estimate of drug-likeness (QED) is 0.872. The highest BCUT2D eigenvalue weighted by atomic mass is 16.6. The van der Waals surface area contributed by atoms with Crippen molar-refractivity contribution in [1.82, 2.24) is 4.90 Å². The Balaban J connectivity index is 2.07. The van der Waals surface area contributed by atoms with Gasteiger partial charge in [-0.05, 0) is 26.3 Å². The number of nitrogens with zero attached hydrogens (tertiary/aromatic N) is 1. The van der Waals surface area contributed by atoms with E-state index in [9.17, 15) is 19.8 Å². The number of amides is 1. The third kappa shape index (κ3) is 4.24. The Morgan fingerprint density at radius 2 is 1.92 bits per heavy atom. The Bertz CT molecular complexity index is 597. The first kappa shape index (κ1) is 18.2. The molecule has 2 atom stereocenters. The molecule has 1 aliphatic heterocycles. The van der Waals surface area contributed by atoms with Crippen molar-refractivity contribution in [3.8, 4) is 0 Å². The molecular formula is C17H23NO6. The zero-order valence-corrected chi connectivity index (χ0v) is 14.1.